The average Bonchev–Trinajstić information content (AvgIpc) is 2.30. The maximum atomic E-state index is 13.3. The van der Waals surface area contributed by atoms with Crippen molar-refractivity contribution in [2.45, 2.75) is 38.6 Å². The molecule has 4 heteroatoms. The second kappa shape index (κ2) is 6.69. The molecule has 1 fully saturated rings. The zero-order valence-corrected chi connectivity index (χ0v) is 11.1. The van der Waals surface area contributed by atoms with E-state index < -0.39 is 0 Å². The third-order valence-electron chi connectivity index (χ3n) is 3.43. The first-order chi connectivity index (χ1) is 8.81. The molecule has 0 bridgehead atoms. The van der Waals surface area contributed by atoms with Crippen molar-refractivity contribution in [3.63, 3.8) is 0 Å². The van der Waals surface area contributed by atoms with Gasteiger partial charge in [-0.15, -0.1) is 0 Å². The van der Waals surface area contributed by atoms with E-state index in [0.29, 0.717) is 6.54 Å². The summed E-state index contributed by atoms with van der Waals surface area (Å²) in [6.07, 6.45) is 7.66. The molecule has 0 spiro atoms. The topological polar surface area (TPSA) is 28.2 Å². The van der Waals surface area contributed by atoms with Crippen molar-refractivity contribution in [2.24, 2.45) is 0 Å². The summed E-state index contributed by atoms with van der Waals surface area (Å²) in [4.78, 5) is 6.61. The van der Waals surface area contributed by atoms with Crippen LogP contribution in [-0.4, -0.2) is 25.1 Å². The van der Waals surface area contributed by atoms with Gasteiger partial charge >= 0.3 is 0 Å². The largest absolute Gasteiger partial charge is 0.356 e. The molecule has 2 rings (SSSR count). The lowest BCUT2D eigenvalue weighted by Crippen LogP contribution is -2.29. The number of anilines is 1. The summed E-state index contributed by atoms with van der Waals surface area (Å²) in [5, 5.41) is 3.09. The summed E-state index contributed by atoms with van der Waals surface area (Å²) in [6, 6.07) is 1.59. The minimum atomic E-state index is -0.254. The highest BCUT2D eigenvalue weighted by molar-refractivity contribution is 5.47. The van der Waals surface area contributed by atoms with Crippen LogP contribution in [0.1, 0.15) is 37.7 Å². The van der Waals surface area contributed by atoms with Crippen LogP contribution >= 0.6 is 0 Å². The summed E-state index contributed by atoms with van der Waals surface area (Å²) in [5.41, 5.74) is 0.957. The monoisotopic (exact) mass is 251 g/mol. The highest BCUT2D eigenvalue weighted by Crippen LogP contribution is 2.21. The fraction of sp³-hybridized carbons (Fsp3) is 0.643. The van der Waals surface area contributed by atoms with Crippen molar-refractivity contribution >= 4 is 5.82 Å². The fourth-order valence-electron chi connectivity index (χ4n) is 2.54. The number of rotatable bonds is 3. The lowest BCUT2D eigenvalue weighted by molar-refractivity contribution is 0.550. The summed E-state index contributed by atoms with van der Waals surface area (Å²) in [7, 11) is 1.88. The number of hydrogen-bond donors (Lipinski definition) is 1. The van der Waals surface area contributed by atoms with Crippen LogP contribution in [-0.2, 0) is 6.54 Å². The van der Waals surface area contributed by atoms with Crippen molar-refractivity contribution in [1.82, 2.24) is 10.3 Å². The SMILES string of the molecule is CNCc1cc(F)cnc1N1CCCCCCC1. The van der Waals surface area contributed by atoms with Crippen LogP contribution < -0.4 is 10.2 Å². The third-order valence-corrected chi connectivity index (χ3v) is 3.43. The van der Waals surface area contributed by atoms with E-state index in [9.17, 15) is 4.39 Å². The number of nitrogens with zero attached hydrogens (tertiary/aromatic N) is 2. The van der Waals surface area contributed by atoms with Gasteiger partial charge in [-0.1, -0.05) is 19.3 Å². The molecular weight excluding hydrogens is 229 g/mol. The van der Waals surface area contributed by atoms with E-state index in [4.69, 9.17) is 0 Å². The first kappa shape index (κ1) is 13.3. The van der Waals surface area contributed by atoms with Crippen molar-refractivity contribution in [3.8, 4) is 0 Å². The molecule has 1 aliphatic rings. The highest BCUT2D eigenvalue weighted by atomic mass is 19.1. The zero-order valence-electron chi connectivity index (χ0n) is 11.1. The van der Waals surface area contributed by atoms with Gasteiger partial charge in [0.15, 0.2) is 0 Å². The Morgan fingerprint density at radius 2 is 1.89 bits per heavy atom. The van der Waals surface area contributed by atoms with Crippen molar-refractivity contribution in [2.75, 3.05) is 25.0 Å². The Hall–Kier alpha value is -1.16. The van der Waals surface area contributed by atoms with Crippen LogP contribution in [0.2, 0.25) is 0 Å². The molecule has 0 aliphatic carbocycles. The molecular formula is C14H22FN3. The van der Waals surface area contributed by atoms with Crippen LogP contribution in [0.4, 0.5) is 10.2 Å². The van der Waals surface area contributed by atoms with Gasteiger partial charge in [-0.2, -0.15) is 0 Å². The van der Waals surface area contributed by atoms with Gasteiger partial charge in [0.05, 0.1) is 6.20 Å². The van der Waals surface area contributed by atoms with E-state index in [1.165, 1.54) is 38.3 Å². The first-order valence-electron chi connectivity index (χ1n) is 6.85. The number of halogens is 1. The number of pyridine rings is 1. The molecule has 3 nitrogen and oxygen atoms in total. The third kappa shape index (κ3) is 3.42. The van der Waals surface area contributed by atoms with E-state index in [2.05, 4.69) is 15.2 Å². The average molecular weight is 251 g/mol. The van der Waals surface area contributed by atoms with Crippen LogP contribution in [0.25, 0.3) is 0 Å². The fourth-order valence-corrected chi connectivity index (χ4v) is 2.54. The van der Waals surface area contributed by atoms with Gasteiger partial charge < -0.3 is 10.2 Å². The van der Waals surface area contributed by atoms with Crippen molar-refractivity contribution in [3.05, 3.63) is 23.6 Å². The van der Waals surface area contributed by atoms with Crippen LogP contribution in [0, 0.1) is 5.82 Å². The van der Waals surface area contributed by atoms with E-state index in [1.54, 1.807) is 6.07 Å². The molecule has 0 radical (unpaired) electrons. The molecule has 2 heterocycles. The molecule has 0 amide bonds. The Morgan fingerprint density at radius 3 is 2.56 bits per heavy atom. The lowest BCUT2D eigenvalue weighted by Gasteiger charge is -2.27. The Morgan fingerprint density at radius 1 is 1.22 bits per heavy atom. The van der Waals surface area contributed by atoms with Gasteiger partial charge in [0.1, 0.15) is 11.6 Å². The van der Waals surface area contributed by atoms with E-state index in [1.807, 2.05) is 7.05 Å². The van der Waals surface area contributed by atoms with Gasteiger partial charge in [-0.3, -0.25) is 0 Å². The van der Waals surface area contributed by atoms with Crippen molar-refractivity contribution < 1.29 is 4.39 Å². The van der Waals surface area contributed by atoms with Crippen molar-refractivity contribution in [1.29, 1.82) is 0 Å². The predicted octanol–water partition coefficient (Wildman–Crippen LogP) is 2.71. The second-order valence-electron chi connectivity index (χ2n) is 4.92. The predicted molar refractivity (Wildman–Crippen MR) is 72.3 cm³/mol. The van der Waals surface area contributed by atoms with E-state index in [0.717, 1.165) is 24.5 Å². The first-order valence-corrected chi connectivity index (χ1v) is 6.85. The Bertz CT molecular complexity index is 373. The molecule has 0 unspecified atom stereocenters. The quantitative estimate of drug-likeness (QED) is 0.895. The molecule has 1 aliphatic heterocycles. The molecule has 100 valence electrons. The summed E-state index contributed by atoms with van der Waals surface area (Å²) in [5.74, 6) is 0.698. The molecule has 0 aromatic carbocycles. The Kier molecular flexibility index (Phi) is 4.93. The molecule has 1 aromatic heterocycles. The standard InChI is InChI=1S/C14H22FN3/c1-16-10-12-9-13(15)11-17-14(12)18-7-5-3-2-4-6-8-18/h9,11,16H,2-8,10H2,1H3. The Balaban J connectivity index is 2.18. The minimum Gasteiger partial charge on any atom is -0.356 e. The van der Waals surface area contributed by atoms with Gasteiger partial charge in [-0.05, 0) is 26.0 Å². The van der Waals surface area contributed by atoms with Gasteiger partial charge in [0, 0.05) is 25.2 Å². The molecule has 1 aromatic rings. The van der Waals surface area contributed by atoms with Crippen LogP contribution in [0.15, 0.2) is 12.3 Å². The van der Waals surface area contributed by atoms with Crippen LogP contribution in [0.5, 0.6) is 0 Å². The maximum absolute atomic E-state index is 13.3. The molecule has 1 N–H and O–H groups in total. The van der Waals surface area contributed by atoms with Gasteiger partial charge in [0.25, 0.3) is 0 Å². The molecule has 0 atom stereocenters. The van der Waals surface area contributed by atoms with E-state index in [-0.39, 0.29) is 5.82 Å². The maximum Gasteiger partial charge on any atom is 0.141 e. The highest BCUT2D eigenvalue weighted by Gasteiger charge is 2.14. The van der Waals surface area contributed by atoms with Gasteiger partial charge in [-0.25, -0.2) is 9.37 Å². The summed E-state index contributed by atoms with van der Waals surface area (Å²) in [6.45, 7) is 2.74. The second-order valence-corrected chi connectivity index (χ2v) is 4.92. The zero-order chi connectivity index (χ0) is 12.8. The van der Waals surface area contributed by atoms with Gasteiger partial charge in [0.2, 0.25) is 0 Å². The Labute approximate surface area is 108 Å². The summed E-state index contributed by atoms with van der Waals surface area (Å²) < 4.78 is 13.3. The van der Waals surface area contributed by atoms with Crippen LogP contribution in [0.3, 0.4) is 0 Å². The molecule has 0 saturated carbocycles. The number of nitrogens with one attached hydrogen (secondary N) is 1. The molecule has 18 heavy (non-hydrogen) atoms. The molecule has 1 saturated heterocycles. The summed E-state index contributed by atoms with van der Waals surface area (Å²) >= 11 is 0. The normalized spacial score (nSPS) is 17.3. The number of hydrogen-bond acceptors (Lipinski definition) is 3. The number of aromatic nitrogens is 1. The minimum absolute atomic E-state index is 0.254. The lowest BCUT2D eigenvalue weighted by atomic mass is 10.1. The van der Waals surface area contributed by atoms with E-state index >= 15 is 0 Å². The smallest absolute Gasteiger partial charge is 0.141 e.